The summed E-state index contributed by atoms with van der Waals surface area (Å²) >= 11 is 4.05. The van der Waals surface area contributed by atoms with Gasteiger partial charge in [0.2, 0.25) is 0 Å². The molecule has 1 aromatic carbocycles. The van der Waals surface area contributed by atoms with Gasteiger partial charge in [-0.05, 0) is 6.92 Å². The Labute approximate surface area is 101 Å². The first-order chi connectivity index (χ1) is 6.79. The largest absolute Gasteiger partial charge is 0.240 e. The second-order valence-corrected chi connectivity index (χ2v) is 4.76. The minimum atomic E-state index is 0.986. The summed E-state index contributed by atoms with van der Waals surface area (Å²) in [6, 6.07) is 8.51. The van der Waals surface area contributed by atoms with Gasteiger partial charge in [0, 0.05) is 15.4 Å². The monoisotopic (exact) mass is 315 g/mol. The maximum Gasteiger partial charge on any atom is 0.123 e. The number of nitrogens with zero attached hydrogens (tertiary/aromatic N) is 1. The number of thiazole rings is 1. The van der Waals surface area contributed by atoms with Gasteiger partial charge in [0.05, 0.1) is 5.69 Å². The van der Waals surface area contributed by atoms with Crippen molar-refractivity contribution in [2.24, 2.45) is 0 Å². The highest BCUT2D eigenvalue weighted by atomic mass is 127. The Morgan fingerprint density at radius 2 is 2.00 bits per heavy atom. The Morgan fingerprint density at radius 1 is 1.29 bits per heavy atom. The molecule has 3 heteroatoms. The highest BCUT2D eigenvalue weighted by molar-refractivity contribution is 14.1. The van der Waals surface area contributed by atoms with Crippen LogP contribution in [0.15, 0.2) is 29.6 Å². The molecular weight excluding hydrogens is 305 g/mol. The molecule has 0 aliphatic rings. The lowest BCUT2D eigenvalue weighted by Crippen LogP contribution is -1.79. The molecule has 1 heterocycles. The van der Waals surface area contributed by atoms with Crippen molar-refractivity contribution < 1.29 is 0 Å². The average Bonchev–Trinajstić information content (AvgIpc) is 2.67. The maximum atomic E-state index is 4.54. The Hall–Kier alpha value is -0.420. The topological polar surface area (TPSA) is 12.9 Å². The zero-order chi connectivity index (χ0) is 9.97. The quantitative estimate of drug-likeness (QED) is 0.602. The summed E-state index contributed by atoms with van der Waals surface area (Å²) in [7, 11) is 0. The highest BCUT2D eigenvalue weighted by Crippen LogP contribution is 2.24. The molecule has 1 aromatic heterocycles. The van der Waals surface area contributed by atoms with Crippen LogP contribution in [0.3, 0.4) is 0 Å². The van der Waals surface area contributed by atoms with E-state index in [4.69, 9.17) is 0 Å². The van der Waals surface area contributed by atoms with Crippen LogP contribution in [-0.4, -0.2) is 4.98 Å². The van der Waals surface area contributed by atoms with E-state index in [1.807, 2.05) is 0 Å². The van der Waals surface area contributed by atoms with E-state index in [2.05, 4.69) is 64.1 Å². The SMILES string of the molecule is Cc1ccc(-c2nc(CI)cs2)cc1. The summed E-state index contributed by atoms with van der Waals surface area (Å²) in [4.78, 5) is 4.54. The molecule has 0 saturated heterocycles. The molecule has 0 unspecified atom stereocenters. The normalized spacial score (nSPS) is 10.4. The van der Waals surface area contributed by atoms with Crippen molar-refractivity contribution in [1.82, 2.24) is 4.98 Å². The molecule has 0 bridgehead atoms. The second-order valence-electron chi connectivity index (χ2n) is 3.14. The van der Waals surface area contributed by atoms with Crippen molar-refractivity contribution in [2.45, 2.75) is 11.4 Å². The predicted molar refractivity (Wildman–Crippen MR) is 70.0 cm³/mol. The van der Waals surface area contributed by atoms with Gasteiger partial charge in [-0.3, -0.25) is 0 Å². The number of hydrogen-bond acceptors (Lipinski definition) is 2. The predicted octanol–water partition coefficient (Wildman–Crippen LogP) is 4.05. The molecule has 2 rings (SSSR count). The van der Waals surface area contributed by atoms with Gasteiger partial charge < -0.3 is 0 Å². The standard InChI is InChI=1S/C11H10INS/c1-8-2-4-9(5-3-8)11-13-10(6-12)7-14-11/h2-5,7H,6H2,1H3. The highest BCUT2D eigenvalue weighted by Gasteiger charge is 2.02. The number of aryl methyl sites for hydroxylation is 1. The van der Waals surface area contributed by atoms with Crippen molar-refractivity contribution in [3.05, 3.63) is 40.9 Å². The Balaban J connectivity index is 2.34. The summed E-state index contributed by atoms with van der Waals surface area (Å²) in [6.07, 6.45) is 0. The van der Waals surface area contributed by atoms with E-state index in [-0.39, 0.29) is 0 Å². The fourth-order valence-electron chi connectivity index (χ4n) is 1.20. The van der Waals surface area contributed by atoms with Crippen molar-refractivity contribution in [3.63, 3.8) is 0 Å². The summed E-state index contributed by atoms with van der Waals surface area (Å²) < 4.78 is 0.986. The van der Waals surface area contributed by atoms with Gasteiger partial charge >= 0.3 is 0 Å². The first-order valence-electron chi connectivity index (χ1n) is 4.37. The summed E-state index contributed by atoms with van der Waals surface area (Å²) in [5, 5.41) is 3.25. The third kappa shape index (κ3) is 2.15. The second kappa shape index (κ2) is 4.40. The van der Waals surface area contributed by atoms with Crippen LogP contribution in [-0.2, 0) is 4.43 Å². The molecule has 0 N–H and O–H groups in total. The van der Waals surface area contributed by atoms with E-state index in [1.54, 1.807) is 11.3 Å². The van der Waals surface area contributed by atoms with Crippen LogP contribution < -0.4 is 0 Å². The van der Waals surface area contributed by atoms with Crippen molar-refractivity contribution >= 4 is 33.9 Å². The lowest BCUT2D eigenvalue weighted by atomic mass is 10.2. The smallest absolute Gasteiger partial charge is 0.123 e. The molecule has 0 aliphatic heterocycles. The average molecular weight is 315 g/mol. The van der Waals surface area contributed by atoms with E-state index in [1.165, 1.54) is 16.8 Å². The number of aromatic nitrogens is 1. The summed E-state index contributed by atoms with van der Waals surface area (Å²) in [5.41, 5.74) is 3.68. The molecule has 0 radical (unpaired) electrons. The molecule has 0 spiro atoms. The van der Waals surface area contributed by atoms with Gasteiger partial charge in [-0.1, -0.05) is 52.4 Å². The number of rotatable bonds is 2. The first kappa shape index (κ1) is 10.1. The lowest BCUT2D eigenvalue weighted by molar-refractivity contribution is 1.26. The molecule has 0 fully saturated rings. The molecule has 72 valence electrons. The Bertz CT molecular complexity index is 419. The molecule has 1 nitrogen and oxygen atoms in total. The molecule has 2 aromatic rings. The van der Waals surface area contributed by atoms with Crippen molar-refractivity contribution in [3.8, 4) is 10.6 Å². The minimum absolute atomic E-state index is 0.986. The van der Waals surface area contributed by atoms with Crippen LogP contribution in [0.1, 0.15) is 11.3 Å². The van der Waals surface area contributed by atoms with E-state index in [0.717, 1.165) is 9.44 Å². The van der Waals surface area contributed by atoms with Crippen molar-refractivity contribution in [2.75, 3.05) is 0 Å². The van der Waals surface area contributed by atoms with E-state index >= 15 is 0 Å². The van der Waals surface area contributed by atoms with Gasteiger partial charge in [0.1, 0.15) is 5.01 Å². The fourth-order valence-corrected chi connectivity index (χ4v) is 2.71. The molecule has 0 saturated carbocycles. The Morgan fingerprint density at radius 3 is 2.57 bits per heavy atom. The van der Waals surface area contributed by atoms with Gasteiger partial charge in [0.25, 0.3) is 0 Å². The van der Waals surface area contributed by atoms with Crippen LogP contribution in [0.2, 0.25) is 0 Å². The van der Waals surface area contributed by atoms with Crippen LogP contribution in [0.5, 0.6) is 0 Å². The Kier molecular flexibility index (Phi) is 3.18. The van der Waals surface area contributed by atoms with Gasteiger partial charge in [-0.15, -0.1) is 11.3 Å². The van der Waals surface area contributed by atoms with E-state index in [9.17, 15) is 0 Å². The number of halogens is 1. The molecule has 14 heavy (non-hydrogen) atoms. The number of hydrogen-bond donors (Lipinski definition) is 0. The molecule has 0 amide bonds. The molecule has 0 aliphatic carbocycles. The fraction of sp³-hybridized carbons (Fsp3) is 0.182. The van der Waals surface area contributed by atoms with Crippen LogP contribution in [0, 0.1) is 6.92 Å². The zero-order valence-corrected chi connectivity index (χ0v) is 10.8. The van der Waals surface area contributed by atoms with Gasteiger partial charge in [0.15, 0.2) is 0 Å². The number of alkyl halides is 1. The third-order valence-corrected chi connectivity index (χ3v) is 3.71. The number of benzene rings is 1. The first-order valence-corrected chi connectivity index (χ1v) is 6.77. The lowest BCUT2D eigenvalue weighted by Gasteiger charge is -1.96. The third-order valence-electron chi connectivity index (χ3n) is 1.99. The van der Waals surface area contributed by atoms with Gasteiger partial charge in [-0.2, -0.15) is 0 Å². The van der Waals surface area contributed by atoms with E-state index in [0.29, 0.717) is 0 Å². The summed E-state index contributed by atoms with van der Waals surface area (Å²) in [6.45, 7) is 2.10. The van der Waals surface area contributed by atoms with E-state index < -0.39 is 0 Å². The van der Waals surface area contributed by atoms with Crippen molar-refractivity contribution in [1.29, 1.82) is 0 Å². The van der Waals surface area contributed by atoms with Crippen LogP contribution in [0.25, 0.3) is 10.6 Å². The maximum absolute atomic E-state index is 4.54. The van der Waals surface area contributed by atoms with Crippen LogP contribution >= 0.6 is 33.9 Å². The van der Waals surface area contributed by atoms with Gasteiger partial charge in [-0.25, -0.2) is 4.98 Å². The van der Waals surface area contributed by atoms with Crippen LogP contribution in [0.4, 0.5) is 0 Å². The molecule has 0 atom stereocenters. The summed E-state index contributed by atoms with van der Waals surface area (Å²) in [5.74, 6) is 0. The molecular formula is C11H10INS. The minimum Gasteiger partial charge on any atom is -0.240 e. The zero-order valence-electron chi connectivity index (χ0n) is 7.83.